The van der Waals surface area contributed by atoms with E-state index in [1.54, 1.807) is 32.0 Å². The maximum Gasteiger partial charge on any atom is 0.338 e. The predicted molar refractivity (Wildman–Crippen MR) is 67.3 cm³/mol. The average molecular weight is 303 g/mol. The molecule has 1 aromatic carbocycles. The van der Waals surface area contributed by atoms with E-state index >= 15 is 0 Å². The molecule has 0 saturated heterocycles. The third kappa shape index (κ3) is 4.75. The molecule has 0 heterocycles. The van der Waals surface area contributed by atoms with E-state index in [0.717, 1.165) is 0 Å². The standard InChI is InChI=1S/C12H15BrO4/c1-12(2,15)7-17-10-5-8(11(14)16-3)4-9(13)6-10/h4-6,15H,7H2,1-3H3. The highest BCUT2D eigenvalue weighted by molar-refractivity contribution is 9.10. The fraction of sp³-hybridized carbons (Fsp3) is 0.417. The molecule has 0 aromatic heterocycles. The van der Waals surface area contributed by atoms with Crippen molar-refractivity contribution in [3.63, 3.8) is 0 Å². The van der Waals surface area contributed by atoms with Crippen molar-refractivity contribution in [2.75, 3.05) is 13.7 Å². The zero-order valence-electron chi connectivity index (χ0n) is 9.99. The molecule has 5 heteroatoms. The van der Waals surface area contributed by atoms with E-state index in [4.69, 9.17) is 4.74 Å². The van der Waals surface area contributed by atoms with Crippen LogP contribution in [-0.4, -0.2) is 30.4 Å². The second kappa shape index (κ2) is 5.51. The molecule has 0 aliphatic rings. The lowest BCUT2D eigenvalue weighted by molar-refractivity contribution is 0.0284. The topological polar surface area (TPSA) is 55.8 Å². The molecule has 1 aromatic rings. The van der Waals surface area contributed by atoms with E-state index in [0.29, 0.717) is 15.8 Å². The van der Waals surface area contributed by atoms with Crippen LogP contribution in [-0.2, 0) is 4.74 Å². The molecule has 0 unspecified atom stereocenters. The van der Waals surface area contributed by atoms with E-state index in [-0.39, 0.29) is 6.61 Å². The number of hydrogen-bond donors (Lipinski definition) is 1. The van der Waals surface area contributed by atoms with Crippen LogP contribution in [0.5, 0.6) is 5.75 Å². The Bertz CT molecular complexity index is 409. The van der Waals surface area contributed by atoms with Crippen molar-refractivity contribution in [2.24, 2.45) is 0 Å². The minimum atomic E-state index is -0.923. The van der Waals surface area contributed by atoms with Crippen molar-refractivity contribution < 1.29 is 19.4 Å². The van der Waals surface area contributed by atoms with E-state index in [1.165, 1.54) is 7.11 Å². The summed E-state index contributed by atoms with van der Waals surface area (Å²) in [6.07, 6.45) is 0. The summed E-state index contributed by atoms with van der Waals surface area (Å²) in [5.41, 5.74) is -0.527. The number of ether oxygens (including phenoxy) is 2. The van der Waals surface area contributed by atoms with Crippen LogP contribution in [0, 0.1) is 0 Å². The van der Waals surface area contributed by atoms with Crippen LogP contribution in [0.4, 0.5) is 0 Å². The molecule has 0 spiro atoms. The van der Waals surface area contributed by atoms with Gasteiger partial charge in [-0.15, -0.1) is 0 Å². The summed E-state index contributed by atoms with van der Waals surface area (Å²) < 4.78 is 10.7. The van der Waals surface area contributed by atoms with Gasteiger partial charge in [0.15, 0.2) is 0 Å². The van der Waals surface area contributed by atoms with E-state index < -0.39 is 11.6 Å². The molecule has 0 fully saturated rings. The number of hydrogen-bond acceptors (Lipinski definition) is 4. The molecule has 0 amide bonds. The Morgan fingerprint density at radius 3 is 2.59 bits per heavy atom. The van der Waals surface area contributed by atoms with Gasteiger partial charge in [-0.25, -0.2) is 4.79 Å². The zero-order valence-corrected chi connectivity index (χ0v) is 11.6. The molecular weight excluding hydrogens is 288 g/mol. The van der Waals surface area contributed by atoms with Crippen molar-refractivity contribution in [3.05, 3.63) is 28.2 Å². The van der Waals surface area contributed by atoms with Crippen LogP contribution in [0.25, 0.3) is 0 Å². The lowest BCUT2D eigenvalue weighted by atomic mass is 10.1. The van der Waals surface area contributed by atoms with Crippen LogP contribution in [0.3, 0.4) is 0 Å². The molecule has 4 nitrogen and oxygen atoms in total. The number of esters is 1. The average Bonchev–Trinajstić information content (AvgIpc) is 2.23. The van der Waals surface area contributed by atoms with Gasteiger partial charge in [0.1, 0.15) is 12.4 Å². The second-order valence-corrected chi connectivity index (χ2v) is 5.18. The van der Waals surface area contributed by atoms with Crippen molar-refractivity contribution in [1.82, 2.24) is 0 Å². The normalized spacial score (nSPS) is 11.1. The number of carbonyl (C=O) groups excluding carboxylic acids is 1. The zero-order chi connectivity index (χ0) is 13.1. The number of aliphatic hydroxyl groups is 1. The van der Waals surface area contributed by atoms with E-state index in [2.05, 4.69) is 20.7 Å². The summed E-state index contributed by atoms with van der Waals surface area (Å²) in [6, 6.07) is 4.93. The predicted octanol–water partition coefficient (Wildman–Crippen LogP) is 2.39. The summed E-state index contributed by atoms with van der Waals surface area (Å²) in [5.74, 6) is 0.0707. The van der Waals surface area contributed by atoms with Crippen LogP contribution >= 0.6 is 15.9 Å². The van der Waals surface area contributed by atoms with Crippen LogP contribution in [0.1, 0.15) is 24.2 Å². The molecule has 1 rings (SSSR count). The molecule has 0 saturated carbocycles. The number of carbonyl (C=O) groups is 1. The maximum atomic E-state index is 11.4. The van der Waals surface area contributed by atoms with E-state index in [9.17, 15) is 9.90 Å². The summed E-state index contributed by atoms with van der Waals surface area (Å²) in [5, 5.41) is 9.54. The largest absolute Gasteiger partial charge is 0.491 e. The monoisotopic (exact) mass is 302 g/mol. The van der Waals surface area contributed by atoms with Gasteiger partial charge in [0.25, 0.3) is 0 Å². The molecule has 0 bridgehead atoms. The Labute approximate surface area is 109 Å². The third-order valence-electron chi connectivity index (χ3n) is 1.88. The van der Waals surface area contributed by atoms with Crippen LogP contribution < -0.4 is 4.74 Å². The van der Waals surface area contributed by atoms with Gasteiger partial charge in [-0.05, 0) is 32.0 Å². The lowest BCUT2D eigenvalue weighted by Gasteiger charge is -2.18. The summed E-state index contributed by atoms with van der Waals surface area (Å²) in [7, 11) is 1.32. The fourth-order valence-corrected chi connectivity index (χ4v) is 1.61. The summed E-state index contributed by atoms with van der Waals surface area (Å²) >= 11 is 3.28. The highest BCUT2D eigenvalue weighted by Gasteiger charge is 2.15. The van der Waals surface area contributed by atoms with E-state index in [1.807, 2.05) is 0 Å². The Balaban J connectivity index is 2.86. The third-order valence-corrected chi connectivity index (χ3v) is 2.34. The van der Waals surface area contributed by atoms with Crippen molar-refractivity contribution in [1.29, 1.82) is 0 Å². The first-order valence-corrected chi connectivity index (χ1v) is 5.85. The lowest BCUT2D eigenvalue weighted by Crippen LogP contribution is -2.27. The van der Waals surface area contributed by atoms with Crippen molar-refractivity contribution in [2.45, 2.75) is 19.4 Å². The van der Waals surface area contributed by atoms with Gasteiger partial charge < -0.3 is 14.6 Å². The Morgan fingerprint density at radius 1 is 1.41 bits per heavy atom. The minimum Gasteiger partial charge on any atom is -0.491 e. The molecule has 17 heavy (non-hydrogen) atoms. The fourth-order valence-electron chi connectivity index (χ4n) is 1.14. The van der Waals surface area contributed by atoms with Gasteiger partial charge in [-0.2, -0.15) is 0 Å². The molecule has 0 aliphatic heterocycles. The number of methoxy groups -OCH3 is 1. The first-order valence-electron chi connectivity index (χ1n) is 5.06. The van der Waals surface area contributed by atoms with Gasteiger partial charge >= 0.3 is 5.97 Å². The number of halogens is 1. The first-order chi connectivity index (χ1) is 7.81. The second-order valence-electron chi connectivity index (χ2n) is 4.27. The smallest absolute Gasteiger partial charge is 0.338 e. The Hall–Kier alpha value is -1.07. The Morgan fingerprint density at radius 2 is 2.06 bits per heavy atom. The quantitative estimate of drug-likeness (QED) is 0.868. The highest BCUT2D eigenvalue weighted by atomic mass is 79.9. The van der Waals surface area contributed by atoms with Gasteiger partial charge in [0, 0.05) is 4.47 Å². The van der Waals surface area contributed by atoms with Crippen molar-refractivity contribution >= 4 is 21.9 Å². The Kier molecular flexibility index (Phi) is 4.54. The molecule has 0 atom stereocenters. The minimum absolute atomic E-state index is 0.143. The molecular formula is C12H15BrO4. The molecule has 0 aliphatic carbocycles. The van der Waals surface area contributed by atoms with Gasteiger partial charge in [0.2, 0.25) is 0 Å². The number of rotatable bonds is 4. The molecule has 94 valence electrons. The van der Waals surface area contributed by atoms with Crippen molar-refractivity contribution in [3.8, 4) is 5.75 Å². The van der Waals surface area contributed by atoms with Gasteiger partial charge in [0.05, 0.1) is 18.3 Å². The van der Waals surface area contributed by atoms with Crippen LogP contribution in [0.2, 0.25) is 0 Å². The number of benzene rings is 1. The van der Waals surface area contributed by atoms with Gasteiger partial charge in [-0.3, -0.25) is 0 Å². The first kappa shape index (κ1) is 14.0. The SMILES string of the molecule is COC(=O)c1cc(Br)cc(OCC(C)(C)O)c1. The summed E-state index contributed by atoms with van der Waals surface area (Å²) in [4.78, 5) is 11.4. The summed E-state index contributed by atoms with van der Waals surface area (Å²) in [6.45, 7) is 3.43. The highest BCUT2D eigenvalue weighted by Crippen LogP contribution is 2.22. The van der Waals surface area contributed by atoms with Crippen LogP contribution in [0.15, 0.2) is 22.7 Å². The maximum absolute atomic E-state index is 11.4. The van der Waals surface area contributed by atoms with Gasteiger partial charge in [-0.1, -0.05) is 15.9 Å². The molecule has 1 N–H and O–H groups in total. The molecule has 0 radical (unpaired) electrons.